The van der Waals surface area contributed by atoms with Crippen molar-refractivity contribution in [1.29, 1.82) is 0 Å². The number of rotatable bonds is 6. The van der Waals surface area contributed by atoms with Crippen molar-refractivity contribution in [2.75, 3.05) is 18.6 Å². The van der Waals surface area contributed by atoms with Crippen LogP contribution in [0.1, 0.15) is 12.0 Å². The Morgan fingerprint density at radius 1 is 1.56 bits per heavy atom. The number of thioether (sulfide) groups is 1. The molecule has 6 nitrogen and oxygen atoms in total. The van der Waals surface area contributed by atoms with Crippen LogP contribution in [0.15, 0.2) is 18.2 Å². The second-order valence-electron chi connectivity index (χ2n) is 3.52. The Hall–Kier alpha value is -1.76. The minimum Gasteiger partial charge on any atom is -0.469 e. The maximum Gasteiger partial charge on any atom is 0.306 e. The van der Waals surface area contributed by atoms with Crippen molar-refractivity contribution in [2.45, 2.75) is 12.2 Å². The Kier molecular flexibility index (Phi) is 5.44. The van der Waals surface area contributed by atoms with Gasteiger partial charge in [0.05, 0.1) is 18.5 Å². The summed E-state index contributed by atoms with van der Waals surface area (Å²) in [6.45, 7) is 0. The Morgan fingerprint density at radius 3 is 2.89 bits per heavy atom. The number of methoxy groups -OCH3 is 1. The molecule has 18 heavy (non-hydrogen) atoms. The van der Waals surface area contributed by atoms with Crippen LogP contribution in [-0.2, 0) is 15.3 Å². The molecule has 0 saturated heterocycles. The molecular formula is C11H14N2O4S. The summed E-state index contributed by atoms with van der Waals surface area (Å²) in [5.74, 6) is 0.855. The summed E-state index contributed by atoms with van der Waals surface area (Å²) in [5.41, 5.74) is 6.98. The van der Waals surface area contributed by atoms with E-state index in [9.17, 15) is 14.9 Å². The van der Waals surface area contributed by atoms with Gasteiger partial charge in [-0.2, -0.15) is 11.8 Å². The molecule has 1 rings (SSSR count). The van der Waals surface area contributed by atoms with Gasteiger partial charge in [-0.3, -0.25) is 14.9 Å². The maximum atomic E-state index is 10.9. The molecule has 7 heteroatoms. The molecule has 2 N–H and O–H groups in total. The van der Waals surface area contributed by atoms with Crippen LogP contribution < -0.4 is 5.73 Å². The Balaban J connectivity index is 2.53. The van der Waals surface area contributed by atoms with Gasteiger partial charge in [0.25, 0.3) is 5.69 Å². The molecule has 0 aliphatic heterocycles. The first-order valence-corrected chi connectivity index (χ1v) is 6.37. The molecule has 1 aromatic rings. The third-order valence-electron chi connectivity index (χ3n) is 2.27. The summed E-state index contributed by atoms with van der Waals surface area (Å²) in [6.07, 6.45) is 0.315. The molecule has 0 spiro atoms. The summed E-state index contributed by atoms with van der Waals surface area (Å²) in [5, 5.41) is 10.6. The van der Waals surface area contributed by atoms with Crippen molar-refractivity contribution < 1.29 is 14.5 Å². The lowest BCUT2D eigenvalue weighted by Crippen LogP contribution is -2.01. The van der Waals surface area contributed by atoms with E-state index in [-0.39, 0.29) is 11.7 Å². The zero-order chi connectivity index (χ0) is 13.5. The number of nitro groups is 1. The van der Waals surface area contributed by atoms with E-state index in [0.29, 0.717) is 29.2 Å². The zero-order valence-electron chi connectivity index (χ0n) is 9.92. The lowest BCUT2D eigenvalue weighted by atomic mass is 10.2. The average molecular weight is 270 g/mol. The summed E-state index contributed by atoms with van der Waals surface area (Å²) in [6, 6.07) is 4.35. The highest BCUT2D eigenvalue weighted by Gasteiger charge is 2.09. The fraction of sp³-hybridized carbons (Fsp3) is 0.364. The van der Waals surface area contributed by atoms with Crippen LogP contribution in [0.2, 0.25) is 0 Å². The molecule has 0 unspecified atom stereocenters. The van der Waals surface area contributed by atoms with Gasteiger partial charge >= 0.3 is 5.97 Å². The fourth-order valence-electron chi connectivity index (χ4n) is 1.27. The van der Waals surface area contributed by atoms with Crippen LogP contribution in [0.5, 0.6) is 0 Å². The molecule has 0 atom stereocenters. The van der Waals surface area contributed by atoms with Crippen molar-refractivity contribution in [1.82, 2.24) is 0 Å². The first kappa shape index (κ1) is 14.3. The van der Waals surface area contributed by atoms with Crippen LogP contribution in [0.25, 0.3) is 0 Å². The molecule has 0 amide bonds. The highest BCUT2D eigenvalue weighted by Crippen LogP contribution is 2.24. The number of nitrogens with two attached hydrogens (primary N) is 1. The lowest BCUT2D eigenvalue weighted by Gasteiger charge is -2.05. The van der Waals surface area contributed by atoms with E-state index in [1.807, 2.05) is 0 Å². The van der Waals surface area contributed by atoms with Gasteiger partial charge in [0.15, 0.2) is 0 Å². The smallest absolute Gasteiger partial charge is 0.306 e. The van der Waals surface area contributed by atoms with Crippen molar-refractivity contribution in [3.63, 3.8) is 0 Å². The van der Waals surface area contributed by atoms with Gasteiger partial charge in [-0.15, -0.1) is 0 Å². The molecule has 1 aromatic carbocycles. The Morgan fingerprint density at radius 2 is 2.28 bits per heavy atom. The monoisotopic (exact) mass is 270 g/mol. The van der Waals surface area contributed by atoms with E-state index >= 15 is 0 Å². The second-order valence-corrected chi connectivity index (χ2v) is 4.62. The number of benzene rings is 1. The largest absolute Gasteiger partial charge is 0.469 e. The van der Waals surface area contributed by atoms with Crippen LogP contribution in [0.3, 0.4) is 0 Å². The zero-order valence-corrected chi connectivity index (χ0v) is 10.7. The highest BCUT2D eigenvalue weighted by atomic mass is 32.2. The van der Waals surface area contributed by atoms with Crippen LogP contribution >= 0.6 is 11.8 Å². The molecule has 0 aromatic heterocycles. The standard InChI is InChI=1S/C11H14N2O4S/c1-17-11(14)4-5-18-7-8-6-9(13(15)16)2-3-10(8)12/h2-3,6H,4-5,7,12H2,1H3. The van der Waals surface area contributed by atoms with Gasteiger partial charge in [0, 0.05) is 29.3 Å². The summed E-state index contributed by atoms with van der Waals surface area (Å²) in [7, 11) is 1.34. The maximum absolute atomic E-state index is 10.9. The molecule has 0 aliphatic rings. The molecule has 0 radical (unpaired) electrons. The van der Waals surface area contributed by atoms with Gasteiger partial charge in [-0.1, -0.05) is 0 Å². The van der Waals surface area contributed by atoms with Crippen molar-refractivity contribution in [3.8, 4) is 0 Å². The number of non-ortho nitro benzene ring substituents is 1. The van der Waals surface area contributed by atoms with Crippen molar-refractivity contribution in [3.05, 3.63) is 33.9 Å². The van der Waals surface area contributed by atoms with Gasteiger partial charge in [-0.25, -0.2) is 0 Å². The molecule has 0 aliphatic carbocycles. The highest BCUT2D eigenvalue weighted by molar-refractivity contribution is 7.98. The van der Waals surface area contributed by atoms with E-state index in [2.05, 4.69) is 4.74 Å². The molecule has 0 fully saturated rings. The minimum atomic E-state index is -0.456. The van der Waals surface area contributed by atoms with E-state index in [4.69, 9.17) is 5.73 Å². The molecule has 0 saturated carbocycles. The predicted octanol–water partition coefficient (Wildman–Crippen LogP) is 1.97. The van der Waals surface area contributed by atoms with Crippen molar-refractivity contribution >= 4 is 29.1 Å². The van der Waals surface area contributed by atoms with Crippen LogP contribution in [0, 0.1) is 10.1 Å². The number of carbonyl (C=O) groups excluding carboxylic acids is 1. The molecule has 0 bridgehead atoms. The number of hydrogen-bond acceptors (Lipinski definition) is 6. The Labute approximate surface area is 109 Å². The summed E-state index contributed by atoms with van der Waals surface area (Å²) < 4.78 is 4.51. The number of esters is 1. The van der Waals surface area contributed by atoms with E-state index in [0.717, 1.165) is 0 Å². The van der Waals surface area contributed by atoms with Crippen LogP contribution in [-0.4, -0.2) is 23.8 Å². The molecular weight excluding hydrogens is 256 g/mol. The SMILES string of the molecule is COC(=O)CCSCc1cc([N+](=O)[O-])ccc1N. The quantitative estimate of drug-likeness (QED) is 0.279. The van der Waals surface area contributed by atoms with Gasteiger partial charge < -0.3 is 10.5 Å². The summed E-state index contributed by atoms with van der Waals surface area (Å²) in [4.78, 5) is 21.0. The van der Waals surface area contributed by atoms with E-state index in [1.165, 1.54) is 37.1 Å². The summed E-state index contributed by atoms with van der Waals surface area (Å²) >= 11 is 1.48. The minimum absolute atomic E-state index is 0.0211. The van der Waals surface area contributed by atoms with Crippen molar-refractivity contribution in [2.24, 2.45) is 0 Å². The predicted molar refractivity (Wildman–Crippen MR) is 70.3 cm³/mol. The molecule has 0 heterocycles. The van der Waals surface area contributed by atoms with Gasteiger partial charge in [0.2, 0.25) is 0 Å². The third kappa shape index (κ3) is 4.25. The number of carbonyl (C=O) groups is 1. The fourth-order valence-corrected chi connectivity index (χ4v) is 2.20. The number of ether oxygens (including phenoxy) is 1. The van der Waals surface area contributed by atoms with E-state index < -0.39 is 4.92 Å². The molecule has 98 valence electrons. The van der Waals surface area contributed by atoms with Crippen LogP contribution in [0.4, 0.5) is 11.4 Å². The second kappa shape index (κ2) is 6.85. The number of nitrogens with zero attached hydrogens (tertiary/aromatic N) is 1. The van der Waals surface area contributed by atoms with E-state index in [1.54, 1.807) is 0 Å². The normalized spacial score (nSPS) is 10.1. The topological polar surface area (TPSA) is 95.5 Å². The third-order valence-corrected chi connectivity index (χ3v) is 3.28. The average Bonchev–Trinajstić information content (AvgIpc) is 2.35. The number of nitrogen functional groups attached to an aromatic ring is 1. The van der Waals surface area contributed by atoms with Gasteiger partial charge in [0.1, 0.15) is 0 Å². The first-order valence-electron chi connectivity index (χ1n) is 5.22. The number of anilines is 1. The van der Waals surface area contributed by atoms with Gasteiger partial charge in [-0.05, 0) is 11.6 Å². The Bertz CT molecular complexity index is 451. The first-order chi connectivity index (χ1) is 8.54. The number of nitro benzene ring substituents is 1. The lowest BCUT2D eigenvalue weighted by molar-refractivity contribution is -0.384. The number of hydrogen-bond donors (Lipinski definition) is 1.